The molecule has 0 unspecified atom stereocenters. The molecule has 0 amide bonds. The molecule has 16 heavy (non-hydrogen) atoms. The predicted octanol–water partition coefficient (Wildman–Crippen LogP) is 3.85. The van der Waals surface area contributed by atoms with Crippen LogP contribution in [0.25, 0.3) is 0 Å². The second-order valence-corrected chi connectivity index (χ2v) is 6.18. The topological polar surface area (TPSA) is 9.23 Å². The van der Waals surface area contributed by atoms with Crippen LogP contribution in [0, 0.1) is 13.8 Å². The normalized spacial score (nSPS) is 29.6. The fraction of sp³-hybridized carbons (Fsp3) is 0.538. The SMILES string of the molecule is Cc1ccc([C@@]2(C)O[C@@H](CCl)CS2)c(C)c1. The standard InChI is InChI=1S/C13H17ClOS/c1-9-4-5-12(10(2)6-9)13(3)15-11(7-14)8-16-13/h4-6,11H,7-8H2,1-3H3/t11-,13-/m0/s1. The number of thioether (sulfide) groups is 1. The van der Waals surface area contributed by atoms with Gasteiger partial charge in [-0.15, -0.1) is 23.4 Å². The zero-order valence-electron chi connectivity index (χ0n) is 9.92. The van der Waals surface area contributed by atoms with Gasteiger partial charge in [0.15, 0.2) is 0 Å². The van der Waals surface area contributed by atoms with Crippen LogP contribution < -0.4 is 0 Å². The van der Waals surface area contributed by atoms with Gasteiger partial charge in [-0.1, -0.05) is 23.8 Å². The summed E-state index contributed by atoms with van der Waals surface area (Å²) in [5.41, 5.74) is 3.86. The van der Waals surface area contributed by atoms with E-state index in [1.807, 2.05) is 11.8 Å². The van der Waals surface area contributed by atoms with Crippen LogP contribution in [0.15, 0.2) is 18.2 Å². The maximum atomic E-state index is 6.04. The molecule has 0 bridgehead atoms. The van der Waals surface area contributed by atoms with Gasteiger partial charge in [0.2, 0.25) is 0 Å². The summed E-state index contributed by atoms with van der Waals surface area (Å²) < 4.78 is 6.04. The number of aryl methyl sites for hydroxylation is 2. The van der Waals surface area contributed by atoms with Crippen molar-refractivity contribution in [3.63, 3.8) is 0 Å². The molecule has 1 saturated heterocycles. The van der Waals surface area contributed by atoms with E-state index in [1.165, 1.54) is 16.7 Å². The number of benzene rings is 1. The summed E-state index contributed by atoms with van der Waals surface area (Å²) in [5.74, 6) is 1.56. The molecule has 88 valence electrons. The highest BCUT2D eigenvalue weighted by Gasteiger charge is 2.38. The van der Waals surface area contributed by atoms with E-state index < -0.39 is 0 Å². The van der Waals surface area contributed by atoms with Crippen LogP contribution in [0.1, 0.15) is 23.6 Å². The number of halogens is 1. The van der Waals surface area contributed by atoms with Crippen molar-refractivity contribution in [2.75, 3.05) is 11.6 Å². The van der Waals surface area contributed by atoms with Crippen molar-refractivity contribution in [2.24, 2.45) is 0 Å². The van der Waals surface area contributed by atoms with Crippen LogP contribution in [0.3, 0.4) is 0 Å². The zero-order chi connectivity index (χ0) is 11.8. The molecule has 1 aromatic rings. The molecular weight excluding hydrogens is 240 g/mol. The summed E-state index contributed by atoms with van der Waals surface area (Å²) in [6.07, 6.45) is 0.178. The zero-order valence-corrected chi connectivity index (χ0v) is 11.5. The monoisotopic (exact) mass is 256 g/mol. The van der Waals surface area contributed by atoms with E-state index in [1.54, 1.807) is 0 Å². The maximum Gasteiger partial charge on any atom is 0.137 e. The highest BCUT2D eigenvalue weighted by Crippen LogP contribution is 2.45. The van der Waals surface area contributed by atoms with Crippen LogP contribution in [-0.4, -0.2) is 17.7 Å². The van der Waals surface area contributed by atoms with Crippen LogP contribution in [0.2, 0.25) is 0 Å². The van der Waals surface area contributed by atoms with Crippen molar-refractivity contribution in [1.82, 2.24) is 0 Å². The summed E-state index contributed by atoms with van der Waals surface area (Å²) in [4.78, 5) is -0.225. The second-order valence-electron chi connectivity index (χ2n) is 4.47. The van der Waals surface area contributed by atoms with Crippen LogP contribution in [-0.2, 0) is 9.67 Å². The summed E-state index contributed by atoms with van der Waals surface area (Å²) in [6.45, 7) is 6.40. The van der Waals surface area contributed by atoms with E-state index in [4.69, 9.17) is 16.3 Å². The average molecular weight is 257 g/mol. The molecule has 1 heterocycles. The minimum absolute atomic E-state index is 0.178. The van der Waals surface area contributed by atoms with E-state index in [9.17, 15) is 0 Å². The number of alkyl halides is 1. The van der Waals surface area contributed by atoms with Crippen LogP contribution in [0.5, 0.6) is 0 Å². The summed E-state index contributed by atoms with van der Waals surface area (Å²) in [6, 6.07) is 6.53. The Morgan fingerprint density at radius 3 is 2.81 bits per heavy atom. The van der Waals surface area contributed by atoms with Gasteiger partial charge in [-0.2, -0.15) is 0 Å². The van der Waals surface area contributed by atoms with Crippen molar-refractivity contribution in [3.05, 3.63) is 34.9 Å². The lowest BCUT2D eigenvalue weighted by Gasteiger charge is -2.26. The number of ether oxygens (including phenoxy) is 1. The number of rotatable bonds is 2. The van der Waals surface area contributed by atoms with Crippen LogP contribution >= 0.6 is 23.4 Å². The fourth-order valence-electron chi connectivity index (χ4n) is 2.18. The predicted molar refractivity (Wildman–Crippen MR) is 71.3 cm³/mol. The van der Waals surface area contributed by atoms with Crippen molar-refractivity contribution < 1.29 is 4.74 Å². The Morgan fingerprint density at radius 2 is 2.25 bits per heavy atom. The van der Waals surface area contributed by atoms with E-state index in [2.05, 4.69) is 39.0 Å². The number of hydrogen-bond donors (Lipinski definition) is 0. The van der Waals surface area contributed by atoms with E-state index in [0.29, 0.717) is 5.88 Å². The van der Waals surface area contributed by atoms with Gasteiger partial charge in [-0.25, -0.2) is 0 Å². The fourth-order valence-corrected chi connectivity index (χ4v) is 3.76. The lowest BCUT2D eigenvalue weighted by molar-refractivity contribution is 0.0127. The molecule has 2 atom stereocenters. The molecule has 0 N–H and O–H groups in total. The first-order valence-corrected chi connectivity index (χ1v) is 7.02. The van der Waals surface area contributed by atoms with Crippen molar-refractivity contribution >= 4 is 23.4 Å². The molecule has 1 nitrogen and oxygen atoms in total. The molecule has 1 fully saturated rings. The Morgan fingerprint density at radius 1 is 1.50 bits per heavy atom. The summed E-state index contributed by atoms with van der Waals surface area (Å²) in [5, 5.41) is 0. The van der Waals surface area contributed by atoms with E-state index >= 15 is 0 Å². The Labute approximate surface area is 107 Å². The molecule has 1 aromatic carbocycles. The van der Waals surface area contributed by atoms with Crippen molar-refractivity contribution in [1.29, 1.82) is 0 Å². The lowest BCUT2D eigenvalue weighted by atomic mass is 10.0. The molecule has 0 radical (unpaired) electrons. The van der Waals surface area contributed by atoms with Gasteiger partial charge in [0.1, 0.15) is 4.93 Å². The number of hydrogen-bond acceptors (Lipinski definition) is 2. The second kappa shape index (κ2) is 4.59. The van der Waals surface area contributed by atoms with Gasteiger partial charge < -0.3 is 4.74 Å². The minimum Gasteiger partial charge on any atom is -0.355 e. The van der Waals surface area contributed by atoms with Gasteiger partial charge in [0.05, 0.1) is 6.10 Å². The lowest BCUT2D eigenvalue weighted by Crippen LogP contribution is -2.22. The highest BCUT2D eigenvalue weighted by atomic mass is 35.5. The Kier molecular flexibility index (Phi) is 3.53. The van der Waals surface area contributed by atoms with E-state index in [-0.39, 0.29) is 11.0 Å². The molecule has 1 aliphatic heterocycles. The Bertz CT molecular complexity index is 394. The van der Waals surface area contributed by atoms with Crippen molar-refractivity contribution in [2.45, 2.75) is 31.8 Å². The Balaban J connectivity index is 2.30. The third-order valence-electron chi connectivity index (χ3n) is 2.98. The molecular formula is C13H17ClOS. The van der Waals surface area contributed by atoms with Crippen molar-refractivity contribution in [3.8, 4) is 0 Å². The highest BCUT2D eigenvalue weighted by molar-refractivity contribution is 8.00. The average Bonchev–Trinajstić information content (AvgIpc) is 2.61. The molecule has 0 aromatic heterocycles. The minimum atomic E-state index is -0.225. The molecule has 3 heteroatoms. The quantitative estimate of drug-likeness (QED) is 0.744. The summed E-state index contributed by atoms with van der Waals surface area (Å²) >= 11 is 7.69. The van der Waals surface area contributed by atoms with Gasteiger partial charge in [-0.3, -0.25) is 0 Å². The molecule has 0 spiro atoms. The first kappa shape index (κ1) is 12.3. The van der Waals surface area contributed by atoms with Gasteiger partial charge >= 0.3 is 0 Å². The van der Waals surface area contributed by atoms with Gasteiger partial charge in [0.25, 0.3) is 0 Å². The Hall–Kier alpha value is -0.180. The molecule has 0 saturated carbocycles. The smallest absolute Gasteiger partial charge is 0.137 e. The van der Waals surface area contributed by atoms with Gasteiger partial charge in [0, 0.05) is 11.6 Å². The third kappa shape index (κ3) is 2.24. The largest absolute Gasteiger partial charge is 0.355 e. The first-order valence-electron chi connectivity index (χ1n) is 5.50. The van der Waals surface area contributed by atoms with Crippen LogP contribution in [0.4, 0.5) is 0 Å². The molecule has 2 rings (SSSR count). The summed E-state index contributed by atoms with van der Waals surface area (Å²) in [7, 11) is 0. The third-order valence-corrected chi connectivity index (χ3v) is 4.73. The first-order chi connectivity index (χ1) is 7.55. The molecule has 1 aliphatic rings. The molecule has 0 aliphatic carbocycles. The maximum absolute atomic E-state index is 6.04. The van der Waals surface area contributed by atoms with E-state index in [0.717, 1.165) is 5.75 Å². The van der Waals surface area contributed by atoms with Gasteiger partial charge in [-0.05, 0) is 31.9 Å².